The Morgan fingerprint density at radius 1 is 1.04 bits per heavy atom. The van der Waals surface area contributed by atoms with Gasteiger partial charge in [-0.25, -0.2) is 0 Å². The van der Waals surface area contributed by atoms with Gasteiger partial charge in [0, 0.05) is 32.4 Å². The summed E-state index contributed by atoms with van der Waals surface area (Å²) in [7, 11) is 0. The molecular formula is C21H21IN4S. The molecule has 1 aliphatic rings. The van der Waals surface area contributed by atoms with Crippen molar-refractivity contribution in [1.29, 1.82) is 0 Å². The van der Waals surface area contributed by atoms with Gasteiger partial charge in [0.15, 0.2) is 5.11 Å². The number of hydrogen-bond donors (Lipinski definition) is 2. The maximum atomic E-state index is 5.78. The van der Waals surface area contributed by atoms with Crippen molar-refractivity contribution in [3.63, 3.8) is 0 Å². The van der Waals surface area contributed by atoms with Crippen LogP contribution in [0.3, 0.4) is 0 Å². The first-order valence-corrected chi connectivity index (χ1v) is 10.4. The lowest BCUT2D eigenvalue weighted by Crippen LogP contribution is -2.29. The Hall–Kier alpha value is -1.93. The zero-order valence-corrected chi connectivity index (χ0v) is 18.4. The van der Waals surface area contributed by atoms with E-state index in [-0.39, 0.29) is 12.1 Å². The van der Waals surface area contributed by atoms with E-state index in [1.807, 2.05) is 18.3 Å². The van der Waals surface area contributed by atoms with Crippen LogP contribution in [0.4, 0.5) is 5.69 Å². The molecule has 1 aliphatic heterocycles. The van der Waals surface area contributed by atoms with Gasteiger partial charge in [-0.05, 0) is 79.8 Å². The van der Waals surface area contributed by atoms with Crippen LogP contribution in [0.15, 0.2) is 48.7 Å². The van der Waals surface area contributed by atoms with E-state index < -0.39 is 0 Å². The molecule has 1 fully saturated rings. The molecule has 0 saturated carbocycles. The van der Waals surface area contributed by atoms with Gasteiger partial charge in [-0.3, -0.25) is 4.98 Å². The fourth-order valence-electron chi connectivity index (χ4n) is 3.75. The summed E-state index contributed by atoms with van der Waals surface area (Å²) in [4.78, 5) is 10.3. The van der Waals surface area contributed by atoms with E-state index in [4.69, 9.17) is 12.2 Å². The highest BCUT2D eigenvalue weighted by atomic mass is 127. The number of aromatic nitrogens is 2. The molecule has 4 rings (SSSR count). The first-order valence-electron chi connectivity index (χ1n) is 8.89. The van der Waals surface area contributed by atoms with E-state index in [1.165, 1.54) is 26.1 Å². The molecule has 27 heavy (non-hydrogen) atoms. The summed E-state index contributed by atoms with van der Waals surface area (Å²) in [6, 6.07) is 14.6. The van der Waals surface area contributed by atoms with E-state index in [2.05, 4.69) is 93.9 Å². The fourth-order valence-corrected chi connectivity index (χ4v) is 4.96. The SMILES string of the molecule is Cc1ccc(N2C(=S)N[C@H](c3ccccn3)[C@H]2c2c(C)[nH]c(C)c2I)cc1. The largest absolute Gasteiger partial charge is 0.362 e. The van der Waals surface area contributed by atoms with E-state index in [9.17, 15) is 0 Å². The second-order valence-electron chi connectivity index (χ2n) is 6.93. The Labute approximate surface area is 178 Å². The summed E-state index contributed by atoms with van der Waals surface area (Å²) >= 11 is 8.21. The normalized spacial score (nSPS) is 19.4. The van der Waals surface area contributed by atoms with E-state index >= 15 is 0 Å². The Balaban J connectivity index is 1.89. The summed E-state index contributed by atoms with van der Waals surface area (Å²) in [5, 5.41) is 4.25. The smallest absolute Gasteiger partial charge is 0.174 e. The molecule has 4 nitrogen and oxygen atoms in total. The Morgan fingerprint density at radius 3 is 2.37 bits per heavy atom. The average Bonchev–Trinajstić information content (AvgIpc) is 3.12. The van der Waals surface area contributed by atoms with Crippen LogP contribution in [-0.4, -0.2) is 15.1 Å². The molecular weight excluding hydrogens is 467 g/mol. The molecule has 2 N–H and O–H groups in total. The van der Waals surface area contributed by atoms with Crippen molar-refractivity contribution in [1.82, 2.24) is 15.3 Å². The molecule has 138 valence electrons. The van der Waals surface area contributed by atoms with Crippen LogP contribution in [-0.2, 0) is 0 Å². The maximum Gasteiger partial charge on any atom is 0.174 e. The van der Waals surface area contributed by atoms with Gasteiger partial charge in [0.25, 0.3) is 0 Å². The molecule has 6 heteroatoms. The zero-order valence-electron chi connectivity index (χ0n) is 15.5. The average molecular weight is 488 g/mol. The lowest BCUT2D eigenvalue weighted by molar-refractivity contribution is 0.564. The van der Waals surface area contributed by atoms with Gasteiger partial charge in [0.1, 0.15) is 0 Å². The van der Waals surface area contributed by atoms with Gasteiger partial charge in [0.2, 0.25) is 0 Å². The molecule has 0 spiro atoms. The topological polar surface area (TPSA) is 44.0 Å². The van der Waals surface area contributed by atoms with Crippen LogP contribution in [0, 0.1) is 24.3 Å². The number of rotatable bonds is 3. The minimum Gasteiger partial charge on any atom is -0.362 e. The third kappa shape index (κ3) is 3.25. The number of H-pyrrole nitrogens is 1. The van der Waals surface area contributed by atoms with E-state index in [0.717, 1.165) is 16.5 Å². The summed E-state index contributed by atoms with van der Waals surface area (Å²) in [5.74, 6) is 0. The molecule has 2 atom stereocenters. The van der Waals surface area contributed by atoms with Gasteiger partial charge >= 0.3 is 0 Å². The van der Waals surface area contributed by atoms with Gasteiger partial charge in [-0.15, -0.1) is 0 Å². The quantitative estimate of drug-likeness (QED) is 0.397. The molecule has 0 amide bonds. The lowest BCUT2D eigenvalue weighted by atomic mass is 9.96. The van der Waals surface area contributed by atoms with Crippen molar-refractivity contribution < 1.29 is 0 Å². The van der Waals surface area contributed by atoms with Crippen LogP contribution in [0.2, 0.25) is 0 Å². The van der Waals surface area contributed by atoms with Gasteiger partial charge in [-0.2, -0.15) is 0 Å². The molecule has 0 unspecified atom stereocenters. The second kappa shape index (κ2) is 7.24. The highest BCUT2D eigenvalue weighted by molar-refractivity contribution is 14.1. The summed E-state index contributed by atoms with van der Waals surface area (Å²) in [5.41, 5.74) is 6.95. The molecule has 0 radical (unpaired) electrons. The summed E-state index contributed by atoms with van der Waals surface area (Å²) < 4.78 is 1.25. The fraction of sp³-hybridized carbons (Fsp3) is 0.238. The number of aryl methyl sites for hydroxylation is 3. The third-order valence-corrected chi connectivity index (χ3v) is 6.76. The van der Waals surface area contributed by atoms with Gasteiger partial charge in [-0.1, -0.05) is 23.8 Å². The Morgan fingerprint density at radius 2 is 1.78 bits per heavy atom. The number of nitrogens with zero attached hydrogens (tertiary/aromatic N) is 2. The predicted molar refractivity (Wildman–Crippen MR) is 122 cm³/mol. The minimum absolute atomic E-state index is 0.0116. The van der Waals surface area contributed by atoms with Gasteiger partial charge in [0.05, 0.1) is 17.8 Å². The summed E-state index contributed by atoms with van der Waals surface area (Å²) in [6.45, 7) is 6.35. The van der Waals surface area contributed by atoms with Crippen molar-refractivity contribution in [3.8, 4) is 0 Å². The van der Waals surface area contributed by atoms with E-state index in [0.29, 0.717) is 0 Å². The first kappa shape index (κ1) is 18.4. The monoisotopic (exact) mass is 488 g/mol. The summed E-state index contributed by atoms with van der Waals surface area (Å²) in [6.07, 6.45) is 1.84. The molecule has 1 aromatic carbocycles. The number of hydrogen-bond acceptors (Lipinski definition) is 2. The van der Waals surface area contributed by atoms with Crippen molar-refractivity contribution in [2.75, 3.05) is 4.90 Å². The Bertz CT molecular complexity index is 981. The highest BCUT2D eigenvalue weighted by Gasteiger charge is 2.42. The molecule has 2 aromatic heterocycles. The maximum absolute atomic E-state index is 5.78. The lowest BCUT2D eigenvalue weighted by Gasteiger charge is -2.28. The van der Waals surface area contributed by atoms with Crippen molar-refractivity contribution >= 4 is 45.6 Å². The molecule has 3 heterocycles. The van der Waals surface area contributed by atoms with Crippen molar-refractivity contribution in [2.24, 2.45) is 0 Å². The second-order valence-corrected chi connectivity index (χ2v) is 8.40. The predicted octanol–water partition coefficient (Wildman–Crippen LogP) is 5.12. The minimum atomic E-state index is -0.0116. The number of halogens is 1. The molecule has 3 aromatic rings. The Kier molecular flexibility index (Phi) is 4.94. The molecule has 1 saturated heterocycles. The van der Waals surface area contributed by atoms with Crippen LogP contribution in [0.25, 0.3) is 0 Å². The zero-order chi connectivity index (χ0) is 19.1. The van der Waals surface area contributed by atoms with Crippen LogP contribution in [0.5, 0.6) is 0 Å². The van der Waals surface area contributed by atoms with E-state index in [1.54, 1.807) is 0 Å². The van der Waals surface area contributed by atoms with Gasteiger partial charge < -0.3 is 15.2 Å². The van der Waals surface area contributed by atoms with Crippen LogP contribution in [0.1, 0.15) is 40.3 Å². The molecule has 0 aliphatic carbocycles. The number of pyridine rings is 1. The third-order valence-electron chi connectivity index (χ3n) is 5.05. The van der Waals surface area contributed by atoms with Crippen LogP contribution >= 0.6 is 34.8 Å². The number of benzene rings is 1. The number of nitrogens with one attached hydrogen (secondary N) is 2. The number of anilines is 1. The number of aromatic amines is 1. The highest BCUT2D eigenvalue weighted by Crippen LogP contribution is 2.44. The van der Waals surface area contributed by atoms with Crippen LogP contribution < -0.4 is 10.2 Å². The molecule has 0 bridgehead atoms. The first-order chi connectivity index (χ1) is 13.0. The van der Waals surface area contributed by atoms with Crippen molar-refractivity contribution in [3.05, 3.63) is 80.4 Å². The van der Waals surface area contributed by atoms with Crippen molar-refractivity contribution in [2.45, 2.75) is 32.9 Å². The standard InChI is InChI=1S/C21H21IN4S/c1-12-7-9-15(10-8-12)26-20(17-13(2)24-14(3)18(17)22)19(25-21(26)27)16-6-4-5-11-23-16/h4-11,19-20,24H,1-3H3,(H,25,27)/t19-,20-/m1/s1. The number of thiocarbonyl (C=S) groups is 1.